The molecule has 0 amide bonds. The minimum absolute atomic E-state index is 0.0529. The van der Waals surface area contributed by atoms with Crippen molar-refractivity contribution in [1.82, 2.24) is 0 Å². The molecule has 4 saturated carbocycles. The second-order valence-electron chi connectivity index (χ2n) is 12.6. The van der Waals surface area contributed by atoms with Gasteiger partial charge < -0.3 is 29.5 Å². The van der Waals surface area contributed by atoms with E-state index in [1.54, 1.807) is 0 Å². The number of hydrogen-bond donors (Lipinski definition) is 3. The second kappa shape index (κ2) is 9.39. The van der Waals surface area contributed by atoms with Crippen LogP contribution >= 0.6 is 0 Å². The summed E-state index contributed by atoms with van der Waals surface area (Å²) in [6.07, 6.45) is 5.26. The molecule has 4 aliphatic carbocycles. The van der Waals surface area contributed by atoms with E-state index in [9.17, 15) is 20.1 Å². The molecule has 0 spiro atoms. The number of ether oxygens (including phenoxy) is 3. The van der Waals surface area contributed by atoms with E-state index in [2.05, 4.69) is 26.5 Å². The van der Waals surface area contributed by atoms with Crippen molar-refractivity contribution in [3.05, 3.63) is 12.7 Å². The fourth-order valence-electron chi connectivity index (χ4n) is 9.26. The molecular formula is C28H44O7. The molecule has 7 nitrogen and oxygen atoms in total. The number of aliphatic hydroxyl groups excluding tert-OH is 3. The summed E-state index contributed by atoms with van der Waals surface area (Å²) in [5.41, 5.74) is 0.434. The van der Waals surface area contributed by atoms with E-state index in [0.29, 0.717) is 29.6 Å². The Kier molecular flexibility index (Phi) is 6.88. The lowest BCUT2D eigenvalue weighted by molar-refractivity contribution is -0.311. The molecule has 1 aliphatic heterocycles. The van der Waals surface area contributed by atoms with E-state index < -0.39 is 42.8 Å². The maximum absolute atomic E-state index is 11.3. The van der Waals surface area contributed by atoms with E-state index in [0.717, 1.165) is 25.2 Å². The maximum Gasteiger partial charge on any atom is 0.303 e. The smallest absolute Gasteiger partial charge is 0.303 e. The first kappa shape index (κ1) is 25.7. The number of rotatable bonds is 4. The fraction of sp³-hybridized carbons (Fsp3) is 0.893. The molecule has 5 aliphatic rings. The van der Waals surface area contributed by atoms with E-state index in [1.165, 1.54) is 32.6 Å². The van der Waals surface area contributed by atoms with Gasteiger partial charge in [0.2, 0.25) is 0 Å². The molecule has 13 atom stereocenters. The van der Waals surface area contributed by atoms with Crippen LogP contribution < -0.4 is 0 Å². The van der Waals surface area contributed by atoms with E-state index in [4.69, 9.17) is 14.2 Å². The Hall–Kier alpha value is -0.990. The largest absolute Gasteiger partial charge is 0.457 e. The van der Waals surface area contributed by atoms with Crippen LogP contribution in [0.4, 0.5) is 0 Å². The number of aliphatic hydroxyl groups is 3. The van der Waals surface area contributed by atoms with Gasteiger partial charge >= 0.3 is 5.97 Å². The monoisotopic (exact) mass is 492 g/mol. The van der Waals surface area contributed by atoms with Gasteiger partial charge in [-0.2, -0.15) is 0 Å². The van der Waals surface area contributed by atoms with Crippen molar-refractivity contribution >= 4 is 5.97 Å². The minimum Gasteiger partial charge on any atom is -0.457 e. The first-order chi connectivity index (χ1) is 16.6. The normalized spacial score (nSPS) is 53.7. The molecule has 0 aromatic carbocycles. The molecule has 0 aromatic heterocycles. The third-order valence-electron chi connectivity index (χ3n) is 11.1. The molecule has 0 radical (unpaired) electrons. The van der Waals surface area contributed by atoms with Gasteiger partial charge in [0.1, 0.15) is 12.2 Å². The lowest BCUT2D eigenvalue weighted by Crippen LogP contribution is -2.61. The molecule has 7 heteroatoms. The summed E-state index contributed by atoms with van der Waals surface area (Å²) in [5.74, 6) is 2.31. The minimum atomic E-state index is -1.35. The summed E-state index contributed by atoms with van der Waals surface area (Å²) in [6, 6.07) is 0. The van der Waals surface area contributed by atoms with Crippen LogP contribution in [-0.2, 0) is 19.0 Å². The van der Waals surface area contributed by atoms with Gasteiger partial charge in [-0.1, -0.05) is 19.9 Å². The van der Waals surface area contributed by atoms with Crippen molar-refractivity contribution in [3.8, 4) is 0 Å². The molecule has 5 fully saturated rings. The van der Waals surface area contributed by atoms with Gasteiger partial charge in [-0.25, -0.2) is 0 Å². The number of carbonyl (C=O) groups is 1. The Labute approximate surface area is 209 Å². The molecule has 5 rings (SSSR count). The first-order valence-electron chi connectivity index (χ1n) is 13.7. The number of hydrogen-bond acceptors (Lipinski definition) is 7. The highest BCUT2D eigenvalue weighted by Crippen LogP contribution is 2.67. The Morgan fingerprint density at radius 3 is 2.34 bits per heavy atom. The predicted octanol–water partition coefficient (Wildman–Crippen LogP) is 3.20. The van der Waals surface area contributed by atoms with Gasteiger partial charge in [0.25, 0.3) is 0 Å². The van der Waals surface area contributed by atoms with Crippen LogP contribution in [0.3, 0.4) is 0 Å². The molecule has 0 bridgehead atoms. The maximum atomic E-state index is 11.3. The summed E-state index contributed by atoms with van der Waals surface area (Å²) in [4.78, 5) is 11.3. The molecule has 1 saturated heterocycles. The van der Waals surface area contributed by atoms with E-state index in [1.807, 2.05) is 0 Å². The van der Waals surface area contributed by atoms with Crippen molar-refractivity contribution < 1.29 is 34.3 Å². The highest BCUT2D eigenvalue weighted by Gasteiger charge is 2.62. The van der Waals surface area contributed by atoms with Crippen molar-refractivity contribution in [3.63, 3.8) is 0 Å². The average Bonchev–Trinajstić information content (AvgIpc) is 3.16. The zero-order valence-corrected chi connectivity index (χ0v) is 21.5. The van der Waals surface area contributed by atoms with E-state index in [-0.39, 0.29) is 17.9 Å². The van der Waals surface area contributed by atoms with Crippen molar-refractivity contribution in [1.29, 1.82) is 0 Å². The van der Waals surface area contributed by atoms with Crippen LogP contribution in [0.1, 0.15) is 72.1 Å². The number of fused-ring (bicyclic) bond motifs is 5. The summed E-state index contributed by atoms with van der Waals surface area (Å²) in [7, 11) is 0. The summed E-state index contributed by atoms with van der Waals surface area (Å²) >= 11 is 0. The molecule has 0 aromatic rings. The van der Waals surface area contributed by atoms with Gasteiger partial charge in [0, 0.05) is 6.92 Å². The van der Waals surface area contributed by atoms with Crippen LogP contribution in [0.25, 0.3) is 0 Å². The SMILES string of the molecule is C=C[C@H]1CC[C@H]2[C@@H]3CC[C@H]4[C@H](O[C@@H]5OC[C@@H](OC(C)=O)[C@H](O)[C@H]5O)[C@@H](O)CC[C@]4(C)[C@H]3CC[C@]12C. The fourth-order valence-corrected chi connectivity index (χ4v) is 9.26. The lowest BCUT2D eigenvalue weighted by atomic mass is 9.44. The zero-order chi connectivity index (χ0) is 25.1. The average molecular weight is 493 g/mol. The lowest BCUT2D eigenvalue weighted by Gasteiger charge is -2.62. The Balaban J connectivity index is 1.32. The summed E-state index contributed by atoms with van der Waals surface area (Å²) in [5, 5.41) is 32.2. The molecule has 35 heavy (non-hydrogen) atoms. The summed E-state index contributed by atoms with van der Waals surface area (Å²) < 4.78 is 17.1. The Bertz CT molecular complexity index is 817. The summed E-state index contributed by atoms with van der Waals surface area (Å²) in [6.45, 7) is 10.3. The van der Waals surface area contributed by atoms with Crippen molar-refractivity contribution in [2.75, 3.05) is 6.61 Å². The highest BCUT2D eigenvalue weighted by molar-refractivity contribution is 5.66. The van der Waals surface area contributed by atoms with Gasteiger partial charge in [0.05, 0.1) is 18.8 Å². The van der Waals surface area contributed by atoms with Crippen molar-refractivity contribution in [2.24, 2.45) is 40.4 Å². The van der Waals surface area contributed by atoms with Gasteiger partial charge in [-0.15, -0.1) is 6.58 Å². The second-order valence-corrected chi connectivity index (χ2v) is 12.6. The Morgan fingerprint density at radius 2 is 1.63 bits per heavy atom. The van der Waals surface area contributed by atoms with Crippen LogP contribution in [0.2, 0.25) is 0 Å². The molecule has 0 unspecified atom stereocenters. The number of allylic oxidation sites excluding steroid dienone is 1. The zero-order valence-electron chi connectivity index (χ0n) is 21.5. The van der Waals surface area contributed by atoms with Gasteiger partial charge in [0.15, 0.2) is 12.4 Å². The molecule has 1 heterocycles. The standard InChI is InChI=1S/C28H44O7/c1-5-16-6-8-18-17-7-9-20-25(35-26-24(32)23(31)22(14-33-26)34-15(2)29)21(30)11-13-28(20,4)19(17)10-12-27(16,18)3/h5,16-26,30-32H,1,6-14H2,2-4H3/t16-,17-,18-,19-,20-,21-,22+,23-,24+,25-,26-,27+,28+/m0/s1. The van der Waals surface area contributed by atoms with E-state index >= 15 is 0 Å². The van der Waals surface area contributed by atoms with Crippen LogP contribution in [0, 0.1) is 40.4 Å². The van der Waals surface area contributed by atoms with Crippen LogP contribution in [0.5, 0.6) is 0 Å². The van der Waals surface area contributed by atoms with Gasteiger partial charge in [-0.3, -0.25) is 4.79 Å². The molecular weight excluding hydrogens is 448 g/mol. The highest BCUT2D eigenvalue weighted by atomic mass is 16.7. The van der Waals surface area contributed by atoms with Crippen LogP contribution in [-0.4, -0.2) is 64.7 Å². The van der Waals surface area contributed by atoms with Gasteiger partial charge in [-0.05, 0) is 91.8 Å². The number of esters is 1. The number of carbonyl (C=O) groups excluding carboxylic acids is 1. The third-order valence-corrected chi connectivity index (χ3v) is 11.1. The Morgan fingerprint density at radius 1 is 0.943 bits per heavy atom. The topological polar surface area (TPSA) is 105 Å². The molecule has 3 N–H and O–H groups in total. The molecule has 198 valence electrons. The quantitative estimate of drug-likeness (QED) is 0.409. The third kappa shape index (κ3) is 4.10. The van der Waals surface area contributed by atoms with Crippen molar-refractivity contribution in [2.45, 2.75) is 109 Å². The van der Waals surface area contributed by atoms with Crippen LogP contribution in [0.15, 0.2) is 12.7 Å². The first-order valence-corrected chi connectivity index (χ1v) is 13.7. The predicted molar refractivity (Wildman–Crippen MR) is 129 cm³/mol.